The molecule has 0 saturated heterocycles. The van der Waals surface area contributed by atoms with Crippen LogP contribution >= 0.6 is 0 Å². The van der Waals surface area contributed by atoms with Gasteiger partial charge in [-0.25, -0.2) is 0 Å². The lowest BCUT2D eigenvalue weighted by atomic mass is 9.71. The van der Waals surface area contributed by atoms with Gasteiger partial charge in [-0.05, 0) is 68.1 Å². The summed E-state index contributed by atoms with van der Waals surface area (Å²) in [6.45, 7) is 9.09. The molecule has 0 amide bonds. The molecule has 0 aromatic heterocycles. The normalized spacial score (nSPS) is 28.4. The molecule has 3 rings (SSSR count). The van der Waals surface area contributed by atoms with Crippen LogP contribution in [0.3, 0.4) is 0 Å². The summed E-state index contributed by atoms with van der Waals surface area (Å²) in [5, 5.41) is 0. The van der Waals surface area contributed by atoms with E-state index in [1.54, 1.807) is 0 Å². The summed E-state index contributed by atoms with van der Waals surface area (Å²) in [6, 6.07) is 6.38. The largest absolute Gasteiger partial charge is 0.454 e. The smallest absolute Gasteiger partial charge is 0.231 e. The van der Waals surface area contributed by atoms with Gasteiger partial charge in [0, 0.05) is 0 Å². The second kappa shape index (κ2) is 5.51. The summed E-state index contributed by atoms with van der Waals surface area (Å²) < 4.78 is 10.9. The fourth-order valence-corrected chi connectivity index (χ4v) is 3.52. The minimum Gasteiger partial charge on any atom is -0.454 e. The Hall–Kier alpha value is -1.44. The van der Waals surface area contributed by atoms with Gasteiger partial charge in [-0.2, -0.15) is 0 Å². The Labute approximate surface area is 121 Å². The molecular formula is C18H24O2. The van der Waals surface area contributed by atoms with E-state index >= 15 is 0 Å². The fourth-order valence-electron chi connectivity index (χ4n) is 3.52. The monoisotopic (exact) mass is 272 g/mol. The summed E-state index contributed by atoms with van der Waals surface area (Å²) in [4.78, 5) is 0. The molecule has 1 saturated carbocycles. The first-order valence-corrected chi connectivity index (χ1v) is 7.67. The van der Waals surface area contributed by atoms with Gasteiger partial charge in [-0.15, -0.1) is 0 Å². The molecule has 3 unspecified atom stereocenters. The number of fused-ring (bicyclic) bond motifs is 1. The Bertz CT molecular complexity index is 506. The lowest BCUT2D eigenvalue weighted by Gasteiger charge is -2.35. The van der Waals surface area contributed by atoms with Crippen LogP contribution in [0, 0.1) is 17.8 Å². The second-order valence-corrected chi connectivity index (χ2v) is 6.49. The SMILES string of the molecule is C=C(C)C1CCC(C)C(Cc2ccc3c(c2)OCO3)C1. The summed E-state index contributed by atoms with van der Waals surface area (Å²) in [5.74, 6) is 4.06. The van der Waals surface area contributed by atoms with Crippen molar-refractivity contribution in [3.63, 3.8) is 0 Å². The topological polar surface area (TPSA) is 18.5 Å². The molecule has 1 fully saturated rings. The highest BCUT2D eigenvalue weighted by Gasteiger charge is 2.28. The Balaban J connectivity index is 1.71. The van der Waals surface area contributed by atoms with Crippen LogP contribution in [0.25, 0.3) is 0 Å². The molecule has 0 spiro atoms. The van der Waals surface area contributed by atoms with E-state index < -0.39 is 0 Å². The van der Waals surface area contributed by atoms with E-state index in [1.807, 2.05) is 6.07 Å². The van der Waals surface area contributed by atoms with Gasteiger partial charge in [0.2, 0.25) is 6.79 Å². The maximum Gasteiger partial charge on any atom is 0.231 e. The Morgan fingerprint density at radius 2 is 2.05 bits per heavy atom. The van der Waals surface area contributed by atoms with E-state index in [4.69, 9.17) is 9.47 Å². The maximum atomic E-state index is 5.48. The highest BCUT2D eigenvalue weighted by Crippen LogP contribution is 2.40. The van der Waals surface area contributed by atoms with Crippen LogP contribution in [0.4, 0.5) is 0 Å². The van der Waals surface area contributed by atoms with Crippen molar-refractivity contribution in [2.24, 2.45) is 17.8 Å². The third kappa shape index (κ3) is 2.70. The Morgan fingerprint density at radius 1 is 1.25 bits per heavy atom. The number of benzene rings is 1. The van der Waals surface area contributed by atoms with Crippen molar-refractivity contribution in [3.8, 4) is 11.5 Å². The van der Waals surface area contributed by atoms with Crippen molar-refractivity contribution in [2.75, 3.05) is 6.79 Å². The molecular weight excluding hydrogens is 248 g/mol. The molecule has 1 aromatic rings. The third-order valence-electron chi connectivity index (χ3n) is 4.99. The zero-order valence-electron chi connectivity index (χ0n) is 12.5. The van der Waals surface area contributed by atoms with Crippen LogP contribution in [0.1, 0.15) is 38.7 Å². The van der Waals surface area contributed by atoms with Gasteiger partial charge in [0.1, 0.15) is 0 Å². The molecule has 2 nitrogen and oxygen atoms in total. The zero-order chi connectivity index (χ0) is 14.1. The first kappa shape index (κ1) is 13.5. The first-order chi connectivity index (χ1) is 9.63. The van der Waals surface area contributed by atoms with E-state index in [0.29, 0.717) is 12.7 Å². The lowest BCUT2D eigenvalue weighted by molar-refractivity contribution is 0.174. The van der Waals surface area contributed by atoms with Crippen LogP contribution in [0.15, 0.2) is 30.4 Å². The molecule has 1 heterocycles. The fraction of sp³-hybridized carbons (Fsp3) is 0.556. The van der Waals surface area contributed by atoms with Crippen molar-refractivity contribution < 1.29 is 9.47 Å². The van der Waals surface area contributed by atoms with Crippen molar-refractivity contribution in [1.82, 2.24) is 0 Å². The van der Waals surface area contributed by atoms with Gasteiger partial charge in [0.05, 0.1) is 0 Å². The standard InChI is InChI=1S/C18H24O2/c1-12(2)15-6-4-13(3)16(10-15)8-14-5-7-17-18(9-14)20-11-19-17/h5,7,9,13,15-16H,1,4,6,8,10-11H2,2-3H3. The predicted octanol–water partition coefficient (Wildman–Crippen LogP) is 4.59. The molecule has 1 aliphatic heterocycles. The number of allylic oxidation sites excluding steroid dienone is 1. The Kier molecular flexibility index (Phi) is 3.73. The average molecular weight is 272 g/mol. The highest BCUT2D eigenvalue weighted by molar-refractivity contribution is 5.44. The van der Waals surface area contributed by atoms with E-state index in [2.05, 4.69) is 32.6 Å². The average Bonchev–Trinajstić information content (AvgIpc) is 2.88. The molecule has 0 radical (unpaired) electrons. The van der Waals surface area contributed by atoms with E-state index in [1.165, 1.54) is 30.4 Å². The summed E-state index contributed by atoms with van der Waals surface area (Å²) in [6.07, 6.45) is 5.06. The third-order valence-corrected chi connectivity index (χ3v) is 4.99. The van der Waals surface area contributed by atoms with Gasteiger partial charge in [-0.3, -0.25) is 0 Å². The molecule has 0 bridgehead atoms. The van der Waals surface area contributed by atoms with Crippen LogP contribution in [-0.2, 0) is 6.42 Å². The quantitative estimate of drug-likeness (QED) is 0.749. The molecule has 1 aliphatic carbocycles. The minimum absolute atomic E-state index is 0.357. The number of hydrogen-bond acceptors (Lipinski definition) is 2. The van der Waals surface area contributed by atoms with Crippen molar-refractivity contribution in [2.45, 2.75) is 39.5 Å². The zero-order valence-corrected chi connectivity index (χ0v) is 12.5. The van der Waals surface area contributed by atoms with Crippen LogP contribution in [0.5, 0.6) is 11.5 Å². The number of hydrogen-bond donors (Lipinski definition) is 0. The van der Waals surface area contributed by atoms with Crippen LogP contribution in [0.2, 0.25) is 0 Å². The van der Waals surface area contributed by atoms with E-state index in [-0.39, 0.29) is 0 Å². The van der Waals surface area contributed by atoms with Crippen LogP contribution in [-0.4, -0.2) is 6.79 Å². The molecule has 2 aliphatic rings. The van der Waals surface area contributed by atoms with Gasteiger partial charge < -0.3 is 9.47 Å². The molecule has 3 atom stereocenters. The van der Waals surface area contributed by atoms with Gasteiger partial charge in [0.15, 0.2) is 11.5 Å². The summed E-state index contributed by atoms with van der Waals surface area (Å²) in [7, 11) is 0. The number of ether oxygens (including phenoxy) is 2. The van der Waals surface area contributed by atoms with E-state index in [9.17, 15) is 0 Å². The van der Waals surface area contributed by atoms with Crippen molar-refractivity contribution >= 4 is 0 Å². The summed E-state index contributed by atoms with van der Waals surface area (Å²) >= 11 is 0. The van der Waals surface area contributed by atoms with Gasteiger partial charge in [0.25, 0.3) is 0 Å². The van der Waals surface area contributed by atoms with Gasteiger partial charge in [-0.1, -0.05) is 25.1 Å². The molecule has 1 aromatic carbocycles. The molecule has 0 N–H and O–H groups in total. The molecule has 2 heteroatoms. The van der Waals surface area contributed by atoms with Crippen LogP contribution < -0.4 is 9.47 Å². The molecule has 108 valence electrons. The second-order valence-electron chi connectivity index (χ2n) is 6.49. The van der Waals surface area contributed by atoms with Crippen molar-refractivity contribution in [1.29, 1.82) is 0 Å². The van der Waals surface area contributed by atoms with Gasteiger partial charge >= 0.3 is 0 Å². The number of rotatable bonds is 3. The Morgan fingerprint density at radius 3 is 2.85 bits per heavy atom. The summed E-state index contributed by atoms with van der Waals surface area (Å²) in [5.41, 5.74) is 2.72. The molecule has 20 heavy (non-hydrogen) atoms. The predicted molar refractivity (Wildman–Crippen MR) is 81.1 cm³/mol. The lowest BCUT2D eigenvalue weighted by Crippen LogP contribution is -2.25. The first-order valence-electron chi connectivity index (χ1n) is 7.67. The maximum absolute atomic E-state index is 5.48. The van der Waals surface area contributed by atoms with E-state index in [0.717, 1.165) is 29.8 Å². The minimum atomic E-state index is 0.357. The van der Waals surface area contributed by atoms with Crippen molar-refractivity contribution in [3.05, 3.63) is 35.9 Å². The highest BCUT2D eigenvalue weighted by atomic mass is 16.7.